The van der Waals surface area contributed by atoms with E-state index in [9.17, 15) is 9.59 Å². The summed E-state index contributed by atoms with van der Waals surface area (Å²) in [5, 5.41) is 0. The smallest absolute Gasteiger partial charge is 0.220 e. The fourth-order valence-corrected chi connectivity index (χ4v) is 4.33. The molecule has 5 heteroatoms. The Labute approximate surface area is 161 Å². The first-order valence-corrected chi connectivity index (χ1v) is 9.70. The Kier molecular flexibility index (Phi) is 5.51. The molecule has 5 nitrogen and oxygen atoms in total. The van der Waals surface area contributed by atoms with Crippen molar-refractivity contribution in [3.63, 3.8) is 0 Å². The van der Waals surface area contributed by atoms with Gasteiger partial charge in [-0.05, 0) is 57.0 Å². The summed E-state index contributed by atoms with van der Waals surface area (Å²) in [6.45, 7) is 10.4. The molecule has 1 aliphatic rings. The van der Waals surface area contributed by atoms with E-state index in [2.05, 4.69) is 36.6 Å². The van der Waals surface area contributed by atoms with Crippen LogP contribution in [0.4, 0.5) is 0 Å². The molecule has 0 atom stereocenters. The first kappa shape index (κ1) is 19.4. The number of carbonyl (C=O) groups is 2. The van der Waals surface area contributed by atoms with E-state index in [0.29, 0.717) is 6.54 Å². The second-order valence-electron chi connectivity index (χ2n) is 7.99. The number of rotatable bonds is 5. The van der Waals surface area contributed by atoms with Gasteiger partial charge in [0.1, 0.15) is 6.54 Å². The summed E-state index contributed by atoms with van der Waals surface area (Å²) in [6, 6.07) is 8.47. The van der Waals surface area contributed by atoms with Gasteiger partial charge in [0.15, 0.2) is 0 Å². The molecule has 0 spiro atoms. The largest absolute Gasteiger partial charge is 0.369 e. The van der Waals surface area contributed by atoms with Crippen molar-refractivity contribution in [2.75, 3.05) is 19.6 Å². The van der Waals surface area contributed by atoms with Gasteiger partial charge in [-0.3, -0.25) is 9.59 Å². The topological polar surface area (TPSA) is 69.5 Å². The van der Waals surface area contributed by atoms with Crippen molar-refractivity contribution in [3.8, 4) is 5.69 Å². The molecular weight excluding hydrogens is 338 g/mol. The minimum absolute atomic E-state index is 0.0292. The molecule has 27 heavy (non-hydrogen) atoms. The third kappa shape index (κ3) is 4.14. The molecule has 2 heterocycles. The number of aromatic nitrogens is 1. The number of likely N-dealkylation sites (tertiary alicyclic amines) is 1. The van der Waals surface area contributed by atoms with E-state index in [1.54, 1.807) is 0 Å². The van der Waals surface area contributed by atoms with E-state index in [1.807, 2.05) is 19.9 Å². The number of nitrogens with zero attached hydrogens (tertiary/aromatic N) is 1. The monoisotopic (exact) mass is 368 g/mol. The van der Waals surface area contributed by atoms with E-state index in [4.69, 9.17) is 5.73 Å². The number of carbonyl (C=O) groups excluding carboxylic acids is 2. The number of amides is 1. The number of hydrogen-bond donors (Lipinski definition) is 2. The van der Waals surface area contributed by atoms with Gasteiger partial charge < -0.3 is 15.2 Å². The van der Waals surface area contributed by atoms with E-state index in [0.717, 1.165) is 48.6 Å². The van der Waals surface area contributed by atoms with Gasteiger partial charge in [0.25, 0.3) is 0 Å². The molecular formula is C22H30N3O2+. The van der Waals surface area contributed by atoms with Crippen LogP contribution in [0.25, 0.3) is 5.69 Å². The van der Waals surface area contributed by atoms with Crippen LogP contribution in [-0.2, 0) is 4.79 Å². The Morgan fingerprint density at radius 1 is 1.04 bits per heavy atom. The summed E-state index contributed by atoms with van der Waals surface area (Å²) < 4.78 is 2.17. The Balaban J connectivity index is 1.78. The summed E-state index contributed by atoms with van der Waals surface area (Å²) in [5.74, 6) is -0.0675. The van der Waals surface area contributed by atoms with Crippen molar-refractivity contribution < 1.29 is 14.5 Å². The maximum atomic E-state index is 13.0. The molecule has 1 fully saturated rings. The number of hydrogen-bond acceptors (Lipinski definition) is 2. The lowest BCUT2D eigenvalue weighted by atomic mass is 9.96. The normalized spacial score (nSPS) is 19.9. The van der Waals surface area contributed by atoms with Gasteiger partial charge in [-0.2, -0.15) is 0 Å². The number of benzene rings is 1. The SMILES string of the molecule is Cc1cc(C)cc(-n2c(C)cc(C(=O)C[NH+]3CCC(C(N)=O)CC3)c2C)c1. The van der Waals surface area contributed by atoms with Gasteiger partial charge in [0, 0.05) is 41.4 Å². The van der Waals surface area contributed by atoms with E-state index >= 15 is 0 Å². The van der Waals surface area contributed by atoms with Crippen LogP contribution in [0, 0.1) is 33.6 Å². The van der Waals surface area contributed by atoms with Crippen molar-refractivity contribution in [3.05, 3.63) is 52.3 Å². The molecule has 3 N–H and O–H groups in total. The van der Waals surface area contributed by atoms with E-state index in [-0.39, 0.29) is 17.6 Å². The zero-order valence-corrected chi connectivity index (χ0v) is 16.8. The lowest BCUT2D eigenvalue weighted by molar-refractivity contribution is -0.897. The number of quaternary nitrogens is 1. The van der Waals surface area contributed by atoms with Crippen LogP contribution >= 0.6 is 0 Å². The molecule has 1 aliphatic heterocycles. The minimum Gasteiger partial charge on any atom is -0.369 e. The van der Waals surface area contributed by atoms with Crippen molar-refractivity contribution in [2.24, 2.45) is 11.7 Å². The molecule has 0 saturated carbocycles. The van der Waals surface area contributed by atoms with Crippen LogP contribution in [0.3, 0.4) is 0 Å². The number of nitrogens with two attached hydrogens (primary N) is 1. The maximum absolute atomic E-state index is 13.0. The summed E-state index contributed by atoms with van der Waals surface area (Å²) >= 11 is 0. The summed E-state index contributed by atoms with van der Waals surface area (Å²) in [7, 11) is 0. The minimum atomic E-state index is -0.211. The molecule has 2 aromatic rings. The zero-order valence-electron chi connectivity index (χ0n) is 16.8. The number of ketones is 1. The number of primary amides is 1. The van der Waals surface area contributed by atoms with Crippen LogP contribution in [0.1, 0.15) is 45.7 Å². The second kappa shape index (κ2) is 7.69. The van der Waals surface area contributed by atoms with Crippen LogP contribution < -0.4 is 10.6 Å². The molecule has 0 bridgehead atoms. The third-order valence-electron chi connectivity index (χ3n) is 5.70. The van der Waals surface area contributed by atoms with E-state index in [1.165, 1.54) is 16.0 Å². The predicted octanol–water partition coefficient (Wildman–Crippen LogP) is 1.67. The molecule has 0 radical (unpaired) electrons. The standard InChI is InChI=1S/C22H29N3O2/c1-14-9-15(2)11-19(10-14)25-16(3)12-20(17(25)4)21(26)13-24-7-5-18(6-8-24)22(23)27/h9-12,18H,5-8,13H2,1-4H3,(H2,23,27)/p+1. The van der Waals surface area contributed by atoms with Gasteiger partial charge in [0.05, 0.1) is 13.1 Å². The quantitative estimate of drug-likeness (QED) is 0.789. The molecule has 1 aromatic carbocycles. The fourth-order valence-electron chi connectivity index (χ4n) is 4.33. The Hall–Kier alpha value is -2.40. The van der Waals surface area contributed by atoms with Crippen LogP contribution in [0.15, 0.2) is 24.3 Å². The Bertz CT molecular complexity index is 854. The van der Waals surface area contributed by atoms with Gasteiger partial charge >= 0.3 is 0 Å². The van der Waals surface area contributed by atoms with Crippen molar-refractivity contribution in [1.29, 1.82) is 0 Å². The molecule has 0 aliphatic carbocycles. The molecule has 1 saturated heterocycles. The summed E-state index contributed by atoms with van der Waals surface area (Å²) in [6.07, 6.45) is 1.55. The molecule has 1 aromatic heterocycles. The lowest BCUT2D eigenvalue weighted by Crippen LogP contribution is -3.14. The van der Waals surface area contributed by atoms with Gasteiger partial charge in [0.2, 0.25) is 11.7 Å². The summed E-state index contributed by atoms with van der Waals surface area (Å²) in [4.78, 5) is 25.5. The van der Waals surface area contributed by atoms with E-state index < -0.39 is 0 Å². The molecule has 144 valence electrons. The van der Waals surface area contributed by atoms with Crippen molar-refractivity contribution in [1.82, 2.24) is 4.57 Å². The van der Waals surface area contributed by atoms with Crippen molar-refractivity contribution >= 4 is 11.7 Å². The lowest BCUT2D eigenvalue weighted by Gasteiger charge is -2.27. The van der Waals surface area contributed by atoms with Gasteiger partial charge in [-0.1, -0.05) is 6.07 Å². The van der Waals surface area contributed by atoms with Gasteiger partial charge in [-0.25, -0.2) is 0 Å². The highest BCUT2D eigenvalue weighted by atomic mass is 16.1. The molecule has 0 unspecified atom stereocenters. The fraction of sp³-hybridized carbons (Fsp3) is 0.455. The highest BCUT2D eigenvalue weighted by Gasteiger charge is 2.28. The van der Waals surface area contributed by atoms with Gasteiger partial charge in [-0.15, -0.1) is 0 Å². The first-order chi connectivity index (χ1) is 12.8. The number of piperidine rings is 1. The number of aryl methyl sites for hydroxylation is 3. The van der Waals surface area contributed by atoms with Crippen molar-refractivity contribution in [2.45, 2.75) is 40.5 Å². The predicted molar refractivity (Wildman–Crippen MR) is 107 cm³/mol. The number of nitrogens with one attached hydrogen (secondary N) is 1. The average Bonchev–Trinajstić information content (AvgIpc) is 2.89. The molecule has 3 rings (SSSR count). The second-order valence-corrected chi connectivity index (χ2v) is 7.99. The Morgan fingerprint density at radius 2 is 1.63 bits per heavy atom. The van der Waals surface area contributed by atoms with Crippen LogP contribution in [-0.4, -0.2) is 35.9 Å². The highest BCUT2D eigenvalue weighted by Crippen LogP contribution is 2.23. The maximum Gasteiger partial charge on any atom is 0.220 e. The highest BCUT2D eigenvalue weighted by molar-refractivity contribution is 5.98. The molecule has 1 amide bonds. The Morgan fingerprint density at radius 3 is 2.19 bits per heavy atom. The number of Topliss-reactive ketones (excluding diaryl/α,β-unsaturated/α-hetero) is 1. The van der Waals surface area contributed by atoms with Crippen LogP contribution in [0.2, 0.25) is 0 Å². The van der Waals surface area contributed by atoms with Crippen LogP contribution in [0.5, 0.6) is 0 Å². The third-order valence-corrected chi connectivity index (χ3v) is 5.70. The first-order valence-electron chi connectivity index (χ1n) is 9.70. The summed E-state index contributed by atoms with van der Waals surface area (Å²) in [5.41, 5.74) is 11.8. The zero-order chi connectivity index (χ0) is 19.7. The average molecular weight is 369 g/mol.